The minimum Gasteiger partial charge on any atom is -0.460 e. The minimum absolute atomic E-state index is 0.142. The summed E-state index contributed by atoms with van der Waals surface area (Å²) in [7, 11) is 0. The summed E-state index contributed by atoms with van der Waals surface area (Å²) < 4.78 is 11.0. The molecule has 142 valence electrons. The van der Waals surface area contributed by atoms with E-state index in [1.165, 1.54) is 32.1 Å². The highest BCUT2D eigenvalue weighted by Gasteiger charge is 2.40. The quantitative estimate of drug-likeness (QED) is 0.570. The molecule has 5 heteroatoms. The van der Waals surface area contributed by atoms with Crippen molar-refractivity contribution in [2.24, 2.45) is 11.8 Å². The predicted molar refractivity (Wildman–Crippen MR) is 97.2 cm³/mol. The fraction of sp³-hybridized carbons (Fsp3) is 0.800. The number of hydrogen-bond acceptors (Lipinski definition) is 4. The van der Waals surface area contributed by atoms with E-state index in [0.29, 0.717) is 18.8 Å². The van der Waals surface area contributed by atoms with E-state index >= 15 is 0 Å². The first kappa shape index (κ1) is 19.8. The maximum absolute atomic E-state index is 12.3. The zero-order chi connectivity index (χ0) is 18.4. The molecule has 0 unspecified atom stereocenters. The summed E-state index contributed by atoms with van der Waals surface area (Å²) in [4.78, 5) is 24.3. The number of allylic oxidation sites excluding steroid dienone is 1. The number of rotatable bonds is 6. The van der Waals surface area contributed by atoms with Crippen molar-refractivity contribution in [1.82, 2.24) is 5.32 Å². The predicted octanol–water partition coefficient (Wildman–Crippen LogP) is 4.36. The lowest BCUT2D eigenvalue weighted by molar-refractivity contribution is -0.145. The molecule has 5 nitrogen and oxygen atoms in total. The Bertz CT molecular complexity index is 477. The molecule has 1 amide bonds. The SMILES string of the molecule is C=CC[C@@H]1C[C@@H]([C@H](CC2CCCCC2)NC(=O)OC(C)(C)C)OC1=O. The molecule has 25 heavy (non-hydrogen) atoms. The fourth-order valence-electron chi connectivity index (χ4n) is 3.85. The molecule has 3 atom stereocenters. The first-order valence-corrected chi connectivity index (χ1v) is 9.59. The number of hydrogen-bond donors (Lipinski definition) is 1. The molecule has 0 bridgehead atoms. The molecule has 2 rings (SSSR count). The van der Waals surface area contributed by atoms with Crippen molar-refractivity contribution in [1.29, 1.82) is 0 Å². The van der Waals surface area contributed by atoms with Crippen molar-refractivity contribution >= 4 is 12.1 Å². The molecule has 0 aromatic rings. The molecular formula is C20H33NO4. The highest BCUT2D eigenvalue weighted by molar-refractivity contribution is 5.75. The third-order valence-corrected chi connectivity index (χ3v) is 5.03. The lowest BCUT2D eigenvalue weighted by atomic mass is 9.83. The van der Waals surface area contributed by atoms with Crippen LogP contribution in [-0.2, 0) is 14.3 Å². The second-order valence-corrected chi connectivity index (χ2v) is 8.42. The van der Waals surface area contributed by atoms with Crippen LogP contribution in [0.15, 0.2) is 12.7 Å². The lowest BCUT2D eigenvalue weighted by Crippen LogP contribution is -2.46. The smallest absolute Gasteiger partial charge is 0.408 e. The summed E-state index contributed by atoms with van der Waals surface area (Å²) in [5.74, 6) is 0.257. The second kappa shape index (κ2) is 8.72. The molecule has 2 fully saturated rings. The van der Waals surface area contributed by atoms with Crippen molar-refractivity contribution in [3.63, 3.8) is 0 Å². The number of carbonyl (C=O) groups excluding carboxylic acids is 2. The number of esters is 1. The minimum atomic E-state index is -0.544. The largest absolute Gasteiger partial charge is 0.460 e. The summed E-state index contributed by atoms with van der Waals surface area (Å²) in [5.41, 5.74) is -0.544. The highest BCUT2D eigenvalue weighted by Crippen LogP contribution is 2.33. The number of nitrogens with one attached hydrogen (secondary N) is 1. The summed E-state index contributed by atoms with van der Waals surface area (Å²) in [6.07, 6.45) is 9.30. The molecule has 1 N–H and O–H groups in total. The third kappa shape index (κ3) is 6.37. The van der Waals surface area contributed by atoms with E-state index in [4.69, 9.17) is 9.47 Å². The Balaban J connectivity index is 2.02. The summed E-state index contributed by atoms with van der Waals surface area (Å²) in [6, 6.07) is -0.184. The highest BCUT2D eigenvalue weighted by atomic mass is 16.6. The van der Waals surface area contributed by atoms with Crippen LogP contribution in [0.3, 0.4) is 0 Å². The van der Waals surface area contributed by atoms with Crippen LogP contribution in [0, 0.1) is 11.8 Å². The molecule has 1 heterocycles. The van der Waals surface area contributed by atoms with E-state index in [0.717, 1.165) is 6.42 Å². The summed E-state index contributed by atoms with van der Waals surface area (Å²) in [5, 5.41) is 2.98. The number of carbonyl (C=O) groups is 2. The van der Waals surface area contributed by atoms with Gasteiger partial charge in [0, 0.05) is 0 Å². The van der Waals surface area contributed by atoms with Crippen molar-refractivity contribution in [2.45, 2.75) is 89.9 Å². The number of alkyl carbamates (subject to hydrolysis) is 1. The Morgan fingerprint density at radius 2 is 2.04 bits per heavy atom. The number of ether oxygens (including phenoxy) is 2. The normalized spacial score (nSPS) is 26.0. The standard InChI is InChI=1S/C20H33NO4/c1-5-9-15-13-17(24-18(15)22)16(12-14-10-7-6-8-11-14)21-19(23)25-20(2,3)4/h5,14-17H,1,6-13H2,2-4H3,(H,21,23)/t15-,16+,17+/m1/s1. The molecule has 1 aliphatic heterocycles. The van der Waals surface area contributed by atoms with Gasteiger partial charge >= 0.3 is 12.1 Å². The second-order valence-electron chi connectivity index (χ2n) is 8.42. The average molecular weight is 351 g/mol. The fourth-order valence-corrected chi connectivity index (χ4v) is 3.85. The molecule has 0 aromatic carbocycles. The van der Waals surface area contributed by atoms with Crippen molar-refractivity contribution in [3.8, 4) is 0 Å². The molecule has 1 aliphatic carbocycles. The van der Waals surface area contributed by atoms with Crippen LogP contribution in [0.2, 0.25) is 0 Å². The Kier molecular flexibility index (Phi) is 6.91. The van der Waals surface area contributed by atoms with Gasteiger partial charge in [-0.3, -0.25) is 4.79 Å². The summed E-state index contributed by atoms with van der Waals surface area (Å²) in [6.45, 7) is 9.25. The Hall–Kier alpha value is -1.52. The van der Waals surface area contributed by atoms with Crippen molar-refractivity contribution in [3.05, 3.63) is 12.7 Å². The maximum atomic E-state index is 12.3. The van der Waals surface area contributed by atoms with Gasteiger partial charge in [0.15, 0.2) is 0 Å². The first-order valence-electron chi connectivity index (χ1n) is 9.59. The molecule has 0 aromatic heterocycles. The van der Waals surface area contributed by atoms with Gasteiger partial charge in [0.05, 0.1) is 12.0 Å². The van der Waals surface area contributed by atoms with Crippen molar-refractivity contribution in [2.75, 3.05) is 0 Å². The van der Waals surface area contributed by atoms with E-state index in [-0.39, 0.29) is 24.0 Å². The zero-order valence-corrected chi connectivity index (χ0v) is 15.9. The van der Waals surface area contributed by atoms with Gasteiger partial charge in [0.1, 0.15) is 11.7 Å². The molecular weight excluding hydrogens is 318 g/mol. The zero-order valence-electron chi connectivity index (χ0n) is 15.9. The van der Waals surface area contributed by atoms with E-state index in [1.807, 2.05) is 20.8 Å². The number of cyclic esters (lactones) is 1. The molecule has 1 saturated carbocycles. The van der Waals surface area contributed by atoms with Gasteiger partial charge in [-0.2, -0.15) is 0 Å². The van der Waals surface area contributed by atoms with E-state index in [1.54, 1.807) is 6.08 Å². The topological polar surface area (TPSA) is 64.6 Å². The van der Waals surface area contributed by atoms with Crippen LogP contribution < -0.4 is 5.32 Å². The maximum Gasteiger partial charge on any atom is 0.408 e. The van der Waals surface area contributed by atoms with Gasteiger partial charge in [0.25, 0.3) is 0 Å². The van der Waals surface area contributed by atoms with Gasteiger partial charge in [-0.25, -0.2) is 4.79 Å². The average Bonchev–Trinajstić information content (AvgIpc) is 2.87. The van der Waals surface area contributed by atoms with Crippen LogP contribution in [0.25, 0.3) is 0 Å². The van der Waals surface area contributed by atoms with Crippen LogP contribution in [-0.4, -0.2) is 29.8 Å². The lowest BCUT2D eigenvalue weighted by Gasteiger charge is -2.30. The molecule has 1 saturated heterocycles. The summed E-state index contributed by atoms with van der Waals surface area (Å²) >= 11 is 0. The van der Waals surface area contributed by atoms with Crippen LogP contribution in [0.4, 0.5) is 4.79 Å². The Labute approximate surface area is 151 Å². The van der Waals surface area contributed by atoms with Gasteiger partial charge in [-0.15, -0.1) is 6.58 Å². The first-order chi connectivity index (χ1) is 11.8. The molecule has 2 aliphatic rings. The van der Waals surface area contributed by atoms with E-state index in [9.17, 15) is 9.59 Å². The van der Waals surface area contributed by atoms with Crippen molar-refractivity contribution < 1.29 is 19.1 Å². The van der Waals surface area contributed by atoms with Crippen LogP contribution in [0.1, 0.15) is 72.1 Å². The van der Waals surface area contributed by atoms with Gasteiger partial charge in [-0.1, -0.05) is 38.2 Å². The monoisotopic (exact) mass is 351 g/mol. The third-order valence-electron chi connectivity index (χ3n) is 5.03. The van der Waals surface area contributed by atoms with Gasteiger partial charge < -0.3 is 14.8 Å². The van der Waals surface area contributed by atoms with E-state index < -0.39 is 11.7 Å². The van der Waals surface area contributed by atoms with Gasteiger partial charge in [0.2, 0.25) is 0 Å². The van der Waals surface area contributed by atoms with Crippen LogP contribution in [0.5, 0.6) is 0 Å². The van der Waals surface area contributed by atoms with Crippen LogP contribution >= 0.6 is 0 Å². The molecule has 0 spiro atoms. The molecule has 0 radical (unpaired) electrons. The Morgan fingerprint density at radius 1 is 1.36 bits per heavy atom. The van der Waals surface area contributed by atoms with Gasteiger partial charge in [-0.05, 0) is 46.0 Å². The van der Waals surface area contributed by atoms with E-state index in [2.05, 4.69) is 11.9 Å². The number of amides is 1. The Morgan fingerprint density at radius 3 is 2.64 bits per heavy atom.